The summed E-state index contributed by atoms with van der Waals surface area (Å²) in [7, 11) is 0. The summed E-state index contributed by atoms with van der Waals surface area (Å²) in [6.45, 7) is 2.84. The highest BCUT2D eigenvalue weighted by molar-refractivity contribution is 5.85. The minimum atomic E-state index is -0.278. The van der Waals surface area contributed by atoms with Crippen molar-refractivity contribution in [3.05, 3.63) is 35.9 Å². The first kappa shape index (κ1) is 18.5. The van der Waals surface area contributed by atoms with E-state index in [9.17, 15) is 9.59 Å². The van der Waals surface area contributed by atoms with Gasteiger partial charge in [-0.15, -0.1) is 12.4 Å². The van der Waals surface area contributed by atoms with Crippen molar-refractivity contribution in [2.24, 2.45) is 5.73 Å². The number of amides is 2. The molecular formula is C16H24ClN3O2. The third kappa shape index (κ3) is 5.31. The maximum Gasteiger partial charge on any atom is 0.224 e. The van der Waals surface area contributed by atoms with E-state index in [1.807, 2.05) is 35.2 Å². The van der Waals surface area contributed by atoms with Crippen LogP contribution in [0.25, 0.3) is 0 Å². The van der Waals surface area contributed by atoms with Crippen LogP contribution in [-0.2, 0) is 9.59 Å². The van der Waals surface area contributed by atoms with Crippen LogP contribution >= 0.6 is 12.4 Å². The van der Waals surface area contributed by atoms with Gasteiger partial charge >= 0.3 is 0 Å². The molecule has 5 nitrogen and oxygen atoms in total. The summed E-state index contributed by atoms with van der Waals surface area (Å²) in [4.78, 5) is 25.3. The number of carbonyl (C=O) groups is 2. The molecule has 0 aliphatic carbocycles. The first-order chi connectivity index (χ1) is 10.1. The fourth-order valence-corrected chi connectivity index (χ4v) is 2.74. The van der Waals surface area contributed by atoms with Crippen LogP contribution in [0.5, 0.6) is 0 Å². The molecular weight excluding hydrogens is 302 g/mol. The molecule has 1 aliphatic rings. The lowest BCUT2D eigenvalue weighted by molar-refractivity contribution is -0.133. The predicted molar refractivity (Wildman–Crippen MR) is 88.7 cm³/mol. The summed E-state index contributed by atoms with van der Waals surface area (Å²) in [5.41, 5.74) is 7.07. The van der Waals surface area contributed by atoms with E-state index in [4.69, 9.17) is 5.73 Å². The van der Waals surface area contributed by atoms with Crippen LogP contribution in [-0.4, -0.2) is 35.8 Å². The molecule has 6 heteroatoms. The highest BCUT2D eigenvalue weighted by Gasteiger charge is 2.25. The molecule has 1 saturated heterocycles. The molecule has 1 aromatic rings. The summed E-state index contributed by atoms with van der Waals surface area (Å²) in [5, 5.41) is 2.89. The molecule has 1 aromatic carbocycles. The molecule has 2 amide bonds. The van der Waals surface area contributed by atoms with Crippen molar-refractivity contribution in [3.8, 4) is 0 Å². The van der Waals surface area contributed by atoms with Gasteiger partial charge in [0.15, 0.2) is 0 Å². The largest absolute Gasteiger partial charge is 0.352 e. The minimum Gasteiger partial charge on any atom is -0.352 e. The molecule has 2 atom stereocenters. The average molecular weight is 326 g/mol. The van der Waals surface area contributed by atoms with Crippen LogP contribution in [0.3, 0.4) is 0 Å². The van der Waals surface area contributed by atoms with Gasteiger partial charge in [0, 0.05) is 38.5 Å². The maximum atomic E-state index is 12.3. The summed E-state index contributed by atoms with van der Waals surface area (Å²) in [6, 6.07) is 9.44. The number of halogens is 1. The Labute approximate surface area is 137 Å². The lowest BCUT2D eigenvalue weighted by Crippen LogP contribution is -2.49. The molecule has 0 bridgehead atoms. The molecule has 2 unspecified atom stereocenters. The zero-order valence-electron chi connectivity index (χ0n) is 12.8. The standard InChI is InChI=1S/C16H23N3O2.ClH/c1-12(20)18-14-8-5-9-19(11-14)16(21)10-15(17)13-6-3-2-4-7-13;/h2-4,6-7,14-15H,5,8-11,17H2,1H3,(H,18,20);1H. The molecule has 0 saturated carbocycles. The molecule has 3 N–H and O–H groups in total. The van der Waals surface area contributed by atoms with Crippen molar-refractivity contribution in [1.29, 1.82) is 0 Å². The topological polar surface area (TPSA) is 75.4 Å². The second kappa shape index (κ2) is 8.76. The number of carbonyl (C=O) groups excluding carboxylic acids is 2. The van der Waals surface area contributed by atoms with Crippen molar-refractivity contribution in [2.75, 3.05) is 13.1 Å². The quantitative estimate of drug-likeness (QED) is 0.883. The summed E-state index contributed by atoms with van der Waals surface area (Å²) < 4.78 is 0. The van der Waals surface area contributed by atoms with Crippen LogP contribution in [0.15, 0.2) is 30.3 Å². The molecule has 22 heavy (non-hydrogen) atoms. The molecule has 1 fully saturated rings. The molecule has 122 valence electrons. The van der Waals surface area contributed by atoms with Gasteiger partial charge in [-0.3, -0.25) is 9.59 Å². The number of piperidine rings is 1. The van der Waals surface area contributed by atoms with Gasteiger partial charge in [0.05, 0.1) is 0 Å². The molecule has 0 spiro atoms. The Morgan fingerprint density at radius 1 is 1.36 bits per heavy atom. The molecule has 1 heterocycles. The van der Waals surface area contributed by atoms with E-state index in [2.05, 4.69) is 5.32 Å². The Balaban J connectivity index is 0.00000242. The van der Waals surface area contributed by atoms with Crippen molar-refractivity contribution >= 4 is 24.2 Å². The fourth-order valence-electron chi connectivity index (χ4n) is 2.74. The zero-order chi connectivity index (χ0) is 15.2. The predicted octanol–water partition coefficient (Wildman–Crippen LogP) is 1.63. The monoisotopic (exact) mass is 325 g/mol. The zero-order valence-corrected chi connectivity index (χ0v) is 13.6. The second-order valence-electron chi connectivity index (χ2n) is 5.60. The lowest BCUT2D eigenvalue weighted by atomic mass is 10.0. The molecule has 1 aliphatic heterocycles. The Morgan fingerprint density at radius 2 is 2.05 bits per heavy atom. The van der Waals surface area contributed by atoms with Crippen molar-refractivity contribution in [3.63, 3.8) is 0 Å². The molecule has 0 aromatic heterocycles. The summed E-state index contributed by atoms with van der Waals surface area (Å²) in [6.07, 6.45) is 2.14. The van der Waals surface area contributed by atoms with E-state index in [-0.39, 0.29) is 36.3 Å². The first-order valence-corrected chi connectivity index (χ1v) is 7.41. The normalized spacial score (nSPS) is 19.0. The van der Waals surface area contributed by atoms with E-state index in [1.54, 1.807) is 0 Å². The average Bonchev–Trinajstić information content (AvgIpc) is 2.47. The SMILES string of the molecule is CC(=O)NC1CCCN(C(=O)CC(N)c2ccccc2)C1.Cl. The summed E-state index contributed by atoms with van der Waals surface area (Å²) >= 11 is 0. The second-order valence-corrected chi connectivity index (χ2v) is 5.60. The van der Waals surface area contributed by atoms with Crippen LogP contribution in [0.4, 0.5) is 0 Å². The smallest absolute Gasteiger partial charge is 0.224 e. The van der Waals surface area contributed by atoms with Gasteiger partial charge in [0.25, 0.3) is 0 Å². The number of likely N-dealkylation sites (tertiary alicyclic amines) is 1. The van der Waals surface area contributed by atoms with Gasteiger partial charge in [-0.05, 0) is 18.4 Å². The number of nitrogens with two attached hydrogens (primary N) is 1. The number of nitrogens with zero attached hydrogens (tertiary/aromatic N) is 1. The van der Waals surface area contributed by atoms with Gasteiger partial charge in [-0.2, -0.15) is 0 Å². The van der Waals surface area contributed by atoms with Gasteiger partial charge < -0.3 is 16.0 Å². The Kier molecular flexibility index (Phi) is 7.35. The van der Waals surface area contributed by atoms with Gasteiger partial charge in [0.2, 0.25) is 11.8 Å². The third-order valence-corrected chi connectivity index (χ3v) is 3.80. The number of nitrogens with one attached hydrogen (secondary N) is 1. The van der Waals surface area contributed by atoms with Crippen molar-refractivity contribution < 1.29 is 9.59 Å². The van der Waals surface area contributed by atoms with Gasteiger partial charge in [-0.1, -0.05) is 30.3 Å². The van der Waals surface area contributed by atoms with Crippen molar-refractivity contribution in [1.82, 2.24) is 10.2 Å². The maximum absolute atomic E-state index is 12.3. The highest BCUT2D eigenvalue weighted by atomic mass is 35.5. The van der Waals surface area contributed by atoms with Crippen LogP contribution in [0.1, 0.15) is 37.8 Å². The number of hydrogen-bond donors (Lipinski definition) is 2. The third-order valence-electron chi connectivity index (χ3n) is 3.80. The minimum absolute atomic E-state index is 0. The van der Waals surface area contributed by atoms with Crippen LogP contribution < -0.4 is 11.1 Å². The van der Waals surface area contributed by atoms with Gasteiger partial charge in [0.1, 0.15) is 0 Å². The Bertz CT molecular complexity index is 495. The Hall–Kier alpha value is -1.59. The van der Waals surface area contributed by atoms with E-state index >= 15 is 0 Å². The van der Waals surface area contributed by atoms with Gasteiger partial charge in [-0.25, -0.2) is 0 Å². The molecule has 2 rings (SSSR count). The number of benzene rings is 1. The van der Waals surface area contributed by atoms with Crippen LogP contribution in [0, 0.1) is 0 Å². The Morgan fingerprint density at radius 3 is 2.68 bits per heavy atom. The lowest BCUT2D eigenvalue weighted by Gasteiger charge is -2.33. The van der Waals surface area contributed by atoms with E-state index in [1.165, 1.54) is 6.92 Å². The van der Waals surface area contributed by atoms with E-state index in [0.717, 1.165) is 24.9 Å². The van der Waals surface area contributed by atoms with E-state index in [0.29, 0.717) is 13.0 Å². The molecule has 0 radical (unpaired) electrons. The van der Waals surface area contributed by atoms with Crippen LogP contribution in [0.2, 0.25) is 0 Å². The summed E-state index contributed by atoms with van der Waals surface area (Å²) in [5.74, 6) is 0.0108. The highest BCUT2D eigenvalue weighted by Crippen LogP contribution is 2.17. The van der Waals surface area contributed by atoms with Crippen molar-refractivity contribution in [2.45, 2.75) is 38.3 Å². The van der Waals surface area contributed by atoms with E-state index < -0.39 is 0 Å². The fraction of sp³-hybridized carbons (Fsp3) is 0.500. The number of rotatable bonds is 4. The number of hydrogen-bond acceptors (Lipinski definition) is 3. The first-order valence-electron chi connectivity index (χ1n) is 7.41.